The average molecular weight is 317 g/mol. The summed E-state index contributed by atoms with van der Waals surface area (Å²) in [6, 6.07) is 6.93. The largest absolute Gasteiger partial charge is 0.380 e. The summed E-state index contributed by atoms with van der Waals surface area (Å²) < 4.78 is 1.34. The summed E-state index contributed by atoms with van der Waals surface area (Å²) in [5, 5.41) is 18.4. The fourth-order valence-electron chi connectivity index (χ4n) is 2.54. The van der Waals surface area contributed by atoms with Crippen molar-refractivity contribution >= 4 is 16.7 Å². The molecular formula is C17H23N3O3. The van der Waals surface area contributed by atoms with Gasteiger partial charge in [-0.05, 0) is 26.3 Å². The average Bonchev–Trinajstić information content (AvgIpc) is 2.50. The molecule has 0 saturated heterocycles. The van der Waals surface area contributed by atoms with E-state index in [0.29, 0.717) is 18.2 Å². The quantitative estimate of drug-likeness (QED) is 0.844. The Labute approximate surface area is 135 Å². The van der Waals surface area contributed by atoms with Crippen LogP contribution in [0.4, 0.5) is 0 Å². The highest BCUT2D eigenvalue weighted by Gasteiger charge is 2.29. The maximum atomic E-state index is 12.4. The molecule has 0 fully saturated rings. The van der Waals surface area contributed by atoms with Crippen LogP contribution in [0, 0.1) is 0 Å². The molecule has 0 radical (unpaired) electrons. The SMILES string of the molecule is CCCC(C)(O)C(=O)NC(C)Cn1ncc2ccccc2c1=O. The topological polar surface area (TPSA) is 84.2 Å². The fourth-order valence-corrected chi connectivity index (χ4v) is 2.54. The first-order valence-electron chi connectivity index (χ1n) is 7.83. The zero-order valence-corrected chi connectivity index (χ0v) is 13.7. The van der Waals surface area contributed by atoms with Crippen LogP contribution in [0.15, 0.2) is 35.3 Å². The van der Waals surface area contributed by atoms with Crippen molar-refractivity contribution in [1.29, 1.82) is 0 Å². The van der Waals surface area contributed by atoms with Gasteiger partial charge in [0.1, 0.15) is 5.60 Å². The van der Waals surface area contributed by atoms with Crippen LogP contribution in [0.5, 0.6) is 0 Å². The molecule has 0 aliphatic rings. The van der Waals surface area contributed by atoms with Gasteiger partial charge < -0.3 is 10.4 Å². The molecule has 0 saturated carbocycles. The Kier molecular flexibility index (Phi) is 5.15. The number of rotatable bonds is 6. The van der Waals surface area contributed by atoms with E-state index in [0.717, 1.165) is 5.39 Å². The Morgan fingerprint density at radius 3 is 2.83 bits per heavy atom. The van der Waals surface area contributed by atoms with E-state index in [1.807, 2.05) is 19.1 Å². The number of nitrogens with zero attached hydrogens (tertiary/aromatic N) is 2. The van der Waals surface area contributed by atoms with E-state index in [1.54, 1.807) is 25.3 Å². The Hall–Kier alpha value is -2.21. The van der Waals surface area contributed by atoms with Gasteiger partial charge in [0, 0.05) is 11.4 Å². The Morgan fingerprint density at radius 2 is 2.13 bits per heavy atom. The molecule has 2 atom stereocenters. The number of carbonyl (C=O) groups excluding carboxylic acids is 1. The van der Waals surface area contributed by atoms with Gasteiger partial charge in [0.15, 0.2) is 0 Å². The molecule has 6 heteroatoms. The lowest BCUT2D eigenvalue weighted by atomic mass is 9.99. The molecule has 1 aromatic heterocycles. The normalized spacial score (nSPS) is 15.1. The number of hydrogen-bond acceptors (Lipinski definition) is 4. The molecule has 2 rings (SSSR count). The van der Waals surface area contributed by atoms with Gasteiger partial charge in [0.2, 0.25) is 0 Å². The van der Waals surface area contributed by atoms with Crippen molar-refractivity contribution in [3.8, 4) is 0 Å². The predicted octanol–water partition coefficient (Wildman–Crippen LogP) is 1.45. The number of hydrogen-bond donors (Lipinski definition) is 2. The smallest absolute Gasteiger partial charge is 0.274 e. The van der Waals surface area contributed by atoms with Gasteiger partial charge in [-0.2, -0.15) is 5.10 Å². The third-order valence-corrected chi connectivity index (χ3v) is 3.81. The monoisotopic (exact) mass is 317 g/mol. The molecular weight excluding hydrogens is 294 g/mol. The molecule has 2 unspecified atom stereocenters. The lowest BCUT2D eigenvalue weighted by Gasteiger charge is -2.24. The number of amides is 1. The summed E-state index contributed by atoms with van der Waals surface area (Å²) >= 11 is 0. The lowest BCUT2D eigenvalue weighted by molar-refractivity contribution is -0.139. The first-order valence-corrected chi connectivity index (χ1v) is 7.83. The minimum Gasteiger partial charge on any atom is -0.380 e. The minimum absolute atomic E-state index is 0.190. The van der Waals surface area contributed by atoms with Crippen molar-refractivity contribution < 1.29 is 9.90 Å². The number of aliphatic hydroxyl groups is 1. The molecule has 23 heavy (non-hydrogen) atoms. The Bertz CT molecular complexity index is 752. The van der Waals surface area contributed by atoms with Crippen molar-refractivity contribution in [2.75, 3.05) is 0 Å². The molecule has 0 aliphatic heterocycles. The fraction of sp³-hybridized carbons (Fsp3) is 0.471. The van der Waals surface area contributed by atoms with Crippen molar-refractivity contribution in [2.45, 2.75) is 51.8 Å². The highest BCUT2D eigenvalue weighted by Crippen LogP contribution is 2.12. The van der Waals surface area contributed by atoms with E-state index in [4.69, 9.17) is 0 Å². The van der Waals surface area contributed by atoms with Crippen LogP contribution in [0.3, 0.4) is 0 Å². The van der Waals surface area contributed by atoms with Crippen molar-refractivity contribution in [3.05, 3.63) is 40.8 Å². The zero-order chi connectivity index (χ0) is 17.0. The summed E-state index contributed by atoms with van der Waals surface area (Å²) in [5.41, 5.74) is -1.59. The molecule has 2 N–H and O–H groups in total. The number of fused-ring (bicyclic) bond motifs is 1. The van der Waals surface area contributed by atoms with E-state index in [1.165, 1.54) is 11.6 Å². The molecule has 2 aromatic rings. The highest BCUT2D eigenvalue weighted by molar-refractivity contribution is 5.84. The van der Waals surface area contributed by atoms with E-state index in [9.17, 15) is 14.7 Å². The lowest BCUT2D eigenvalue weighted by Crippen LogP contribution is -2.49. The van der Waals surface area contributed by atoms with Gasteiger partial charge in [-0.3, -0.25) is 9.59 Å². The standard InChI is InChI=1S/C17H23N3O3/c1-4-9-17(3,23)16(22)19-12(2)11-20-15(21)14-8-6-5-7-13(14)10-18-20/h5-8,10,12,23H,4,9,11H2,1-3H3,(H,19,22). The molecule has 124 valence electrons. The first-order chi connectivity index (χ1) is 10.8. The molecule has 1 heterocycles. The van der Waals surface area contributed by atoms with Gasteiger partial charge in [0.25, 0.3) is 11.5 Å². The third kappa shape index (κ3) is 3.96. The second kappa shape index (κ2) is 6.91. The summed E-state index contributed by atoms with van der Waals surface area (Å²) in [4.78, 5) is 24.5. The van der Waals surface area contributed by atoms with Crippen molar-refractivity contribution in [3.63, 3.8) is 0 Å². The number of carbonyl (C=O) groups is 1. The van der Waals surface area contributed by atoms with Crippen LogP contribution in [0.2, 0.25) is 0 Å². The molecule has 1 aromatic carbocycles. The van der Waals surface area contributed by atoms with Crippen LogP contribution in [-0.4, -0.2) is 32.4 Å². The van der Waals surface area contributed by atoms with Crippen LogP contribution in [0.25, 0.3) is 10.8 Å². The Balaban J connectivity index is 2.12. The van der Waals surface area contributed by atoms with Gasteiger partial charge in [-0.1, -0.05) is 31.5 Å². The van der Waals surface area contributed by atoms with E-state index in [2.05, 4.69) is 10.4 Å². The molecule has 0 bridgehead atoms. The molecule has 0 aliphatic carbocycles. The third-order valence-electron chi connectivity index (χ3n) is 3.81. The Morgan fingerprint density at radius 1 is 1.43 bits per heavy atom. The van der Waals surface area contributed by atoms with E-state index >= 15 is 0 Å². The summed E-state index contributed by atoms with van der Waals surface area (Å²) in [6.45, 7) is 5.43. The number of nitrogens with one attached hydrogen (secondary N) is 1. The summed E-state index contributed by atoms with van der Waals surface area (Å²) in [7, 11) is 0. The number of benzene rings is 1. The predicted molar refractivity (Wildman–Crippen MR) is 89.1 cm³/mol. The van der Waals surface area contributed by atoms with E-state index < -0.39 is 11.5 Å². The van der Waals surface area contributed by atoms with Gasteiger partial charge in [0.05, 0.1) is 18.1 Å². The molecule has 1 amide bonds. The maximum absolute atomic E-state index is 12.4. The van der Waals surface area contributed by atoms with Crippen LogP contribution in [0.1, 0.15) is 33.6 Å². The van der Waals surface area contributed by atoms with Crippen molar-refractivity contribution in [2.24, 2.45) is 0 Å². The summed E-state index contributed by atoms with van der Waals surface area (Å²) in [5.74, 6) is -0.430. The second-order valence-corrected chi connectivity index (χ2v) is 6.12. The van der Waals surface area contributed by atoms with Gasteiger partial charge in [-0.15, -0.1) is 0 Å². The highest BCUT2D eigenvalue weighted by atomic mass is 16.3. The zero-order valence-electron chi connectivity index (χ0n) is 13.7. The molecule has 6 nitrogen and oxygen atoms in total. The second-order valence-electron chi connectivity index (χ2n) is 6.12. The van der Waals surface area contributed by atoms with Gasteiger partial charge in [-0.25, -0.2) is 4.68 Å². The van der Waals surface area contributed by atoms with Crippen LogP contribution < -0.4 is 10.9 Å². The van der Waals surface area contributed by atoms with Gasteiger partial charge >= 0.3 is 0 Å². The number of aromatic nitrogens is 2. The van der Waals surface area contributed by atoms with Crippen LogP contribution >= 0.6 is 0 Å². The van der Waals surface area contributed by atoms with Crippen molar-refractivity contribution in [1.82, 2.24) is 15.1 Å². The van der Waals surface area contributed by atoms with Crippen LogP contribution in [-0.2, 0) is 11.3 Å². The minimum atomic E-state index is -1.40. The summed E-state index contributed by atoms with van der Waals surface area (Å²) in [6.07, 6.45) is 2.73. The first kappa shape index (κ1) is 17.1. The van der Waals surface area contributed by atoms with E-state index in [-0.39, 0.29) is 18.1 Å². The maximum Gasteiger partial charge on any atom is 0.274 e. The molecule has 0 spiro atoms.